The van der Waals surface area contributed by atoms with Crippen LogP contribution in [-0.2, 0) is 16.6 Å². The number of imidazole rings is 1. The molecule has 146 valence electrons. The third-order valence-electron chi connectivity index (χ3n) is 3.67. The summed E-state index contributed by atoms with van der Waals surface area (Å²) in [5.74, 6) is -1.08. The van der Waals surface area contributed by atoms with Crippen LogP contribution < -0.4 is 10.0 Å². The minimum atomic E-state index is -3.63. The minimum absolute atomic E-state index is 0.0647. The van der Waals surface area contributed by atoms with E-state index in [1.807, 2.05) is 0 Å². The SMILES string of the molecule is C=CCn1cnc2c(NS(C)(=O)=O)nc(Cl)c(NC(=O)c3ccc(F)cc3)c21. The second-order valence-corrected chi connectivity index (χ2v) is 7.95. The van der Waals surface area contributed by atoms with Gasteiger partial charge in [-0.05, 0) is 24.3 Å². The van der Waals surface area contributed by atoms with Crippen LogP contribution in [0.1, 0.15) is 10.4 Å². The molecule has 0 aliphatic heterocycles. The Balaban J connectivity index is 2.13. The smallest absolute Gasteiger partial charge is 0.255 e. The van der Waals surface area contributed by atoms with E-state index in [-0.39, 0.29) is 27.7 Å². The highest BCUT2D eigenvalue weighted by Crippen LogP contribution is 2.34. The first-order chi connectivity index (χ1) is 13.2. The highest BCUT2D eigenvalue weighted by molar-refractivity contribution is 7.92. The number of aromatic nitrogens is 3. The number of nitrogens with one attached hydrogen (secondary N) is 2. The van der Waals surface area contributed by atoms with Crippen molar-refractivity contribution in [3.63, 3.8) is 0 Å². The number of anilines is 2. The zero-order valence-corrected chi connectivity index (χ0v) is 16.2. The predicted octanol–water partition coefficient (Wildman–Crippen LogP) is 3.03. The number of benzene rings is 1. The second kappa shape index (κ2) is 7.56. The van der Waals surface area contributed by atoms with Crippen molar-refractivity contribution in [2.75, 3.05) is 16.3 Å². The van der Waals surface area contributed by atoms with E-state index in [2.05, 4.69) is 26.6 Å². The van der Waals surface area contributed by atoms with Crippen molar-refractivity contribution in [2.45, 2.75) is 6.54 Å². The number of amides is 1. The topological polar surface area (TPSA) is 106 Å². The van der Waals surface area contributed by atoms with Gasteiger partial charge in [-0.3, -0.25) is 9.52 Å². The zero-order chi connectivity index (χ0) is 20.5. The van der Waals surface area contributed by atoms with Gasteiger partial charge in [0.05, 0.1) is 18.1 Å². The van der Waals surface area contributed by atoms with E-state index in [1.165, 1.54) is 18.5 Å². The molecule has 3 rings (SSSR count). The lowest BCUT2D eigenvalue weighted by Crippen LogP contribution is -2.16. The molecular weight excluding hydrogens is 409 g/mol. The maximum atomic E-state index is 13.1. The molecule has 0 saturated carbocycles. The van der Waals surface area contributed by atoms with Crippen LogP contribution >= 0.6 is 11.6 Å². The molecule has 11 heteroatoms. The zero-order valence-electron chi connectivity index (χ0n) is 14.6. The summed E-state index contributed by atoms with van der Waals surface area (Å²) in [7, 11) is -3.63. The van der Waals surface area contributed by atoms with Crippen LogP contribution in [0.4, 0.5) is 15.9 Å². The number of carbonyl (C=O) groups excluding carboxylic acids is 1. The van der Waals surface area contributed by atoms with Gasteiger partial charge in [0, 0.05) is 12.1 Å². The molecule has 0 radical (unpaired) electrons. The molecule has 0 spiro atoms. The summed E-state index contributed by atoms with van der Waals surface area (Å²) in [6.07, 6.45) is 4.02. The van der Waals surface area contributed by atoms with Gasteiger partial charge in [-0.1, -0.05) is 17.7 Å². The number of allylic oxidation sites excluding steroid dienone is 1. The number of halogens is 2. The third-order valence-corrected chi connectivity index (χ3v) is 4.51. The number of rotatable bonds is 6. The van der Waals surface area contributed by atoms with Gasteiger partial charge in [0.2, 0.25) is 10.0 Å². The Hall–Kier alpha value is -2.98. The first-order valence-corrected chi connectivity index (χ1v) is 10.2. The van der Waals surface area contributed by atoms with Crippen LogP contribution in [0.15, 0.2) is 43.2 Å². The molecule has 2 aromatic heterocycles. The second-order valence-electron chi connectivity index (χ2n) is 5.84. The van der Waals surface area contributed by atoms with Crippen molar-refractivity contribution < 1.29 is 17.6 Å². The van der Waals surface area contributed by atoms with Gasteiger partial charge in [-0.25, -0.2) is 22.8 Å². The van der Waals surface area contributed by atoms with Gasteiger partial charge in [-0.15, -0.1) is 6.58 Å². The number of hydrogen-bond donors (Lipinski definition) is 2. The molecule has 1 amide bonds. The average molecular weight is 424 g/mol. The monoisotopic (exact) mass is 423 g/mol. The molecule has 28 heavy (non-hydrogen) atoms. The van der Waals surface area contributed by atoms with E-state index in [4.69, 9.17) is 11.6 Å². The van der Waals surface area contributed by atoms with Crippen LogP contribution in [0.3, 0.4) is 0 Å². The van der Waals surface area contributed by atoms with Gasteiger partial charge in [0.1, 0.15) is 17.0 Å². The first-order valence-electron chi connectivity index (χ1n) is 7.89. The molecule has 0 fully saturated rings. The quantitative estimate of drug-likeness (QED) is 0.468. The lowest BCUT2D eigenvalue weighted by Gasteiger charge is -2.13. The van der Waals surface area contributed by atoms with Crippen molar-refractivity contribution in [3.8, 4) is 0 Å². The molecule has 2 N–H and O–H groups in total. The van der Waals surface area contributed by atoms with E-state index < -0.39 is 21.7 Å². The molecule has 0 aliphatic rings. The summed E-state index contributed by atoms with van der Waals surface area (Å²) >= 11 is 6.24. The van der Waals surface area contributed by atoms with Crippen LogP contribution in [0.2, 0.25) is 5.15 Å². The molecule has 0 unspecified atom stereocenters. The fraction of sp³-hybridized carbons (Fsp3) is 0.118. The number of hydrogen-bond acceptors (Lipinski definition) is 5. The van der Waals surface area contributed by atoms with Gasteiger partial charge in [0.25, 0.3) is 5.91 Å². The summed E-state index contributed by atoms with van der Waals surface area (Å²) in [6.45, 7) is 3.99. The molecule has 1 aromatic carbocycles. The van der Waals surface area contributed by atoms with Crippen molar-refractivity contribution in [3.05, 3.63) is 59.8 Å². The Morgan fingerprint density at radius 2 is 2.04 bits per heavy atom. The highest BCUT2D eigenvalue weighted by atomic mass is 35.5. The Kier molecular flexibility index (Phi) is 5.34. The van der Waals surface area contributed by atoms with Gasteiger partial charge >= 0.3 is 0 Å². The number of sulfonamides is 1. The normalized spacial score (nSPS) is 11.4. The molecule has 0 bridgehead atoms. The van der Waals surface area contributed by atoms with Gasteiger partial charge in [-0.2, -0.15) is 0 Å². The maximum Gasteiger partial charge on any atom is 0.255 e. The summed E-state index contributed by atoms with van der Waals surface area (Å²) < 4.78 is 40.2. The number of nitrogens with zero attached hydrogens (tertiary/aromatic N) is 3. The van der Waals surface area contributed by atoms with E-state index in [1.54, 1.807) is 10.6 Å². The summed E-state index contributed by atoms with van der Waals surface area (Å²) in [5.41, 5.74) is 0.913. The standard InChI is InChI=1S/C17H15ClFN5O3S/c1-3-8-24-9-20-13-14(24)12(15(18)22-16(13)23-28(2,26)27)21-17(25)10-4-6-11(19)7-5-10/h3-7,9H,1,8H2,2H3,(H,21,25)(H,22,23). The van der Waals surface area contributed by atoms with Gasteiger partial charge < -0.3 is 9.88 Å². The lowest BCUT2D eigenvalue weighted by atomic mass is 10.2. The van der Waals surface area contributed by atoms with E-state index >= 15 is 0 Å². The minimum Gasteiger partial charge on any atom is -0.325 e. The Labute approximate surface area is 165 Å². The highest BCUT2D eigenvalue weighted by Gasteiger charge is 2.21. The lowest BCUT2D eigenvalue weighted by molar-refractivity contribution is 0.102. The fourth-order valence-corrected chi connectivity index (χ4v) is 3.26. The third kappa shape index (κ3) is 4.12. The van der Waals surface area contributed by atoms with Crippen molar-refractivity contribution in [1.29, 1.82) is 0 Å². The number of pyridine rings is 1. The van der Waals surface area contributed by atoms with E-state index in [0.717, 1.165) is 18.4 Å². The van der Waals surface area contributed by atoms with E-state index in [0.29, 0.717) is 12.1 Å². The maximum absolute atomic E-state index is 13.1. The summed E-state index contributed by atoms with van der Waals surface area (Å²) in [6, 6.07) is 4.96. The van der Waals surface area contributed by atoms with Crippen LogP contribution in [0.5, 0.6) is 0 Å². The van der Waals surface area contributed by atoms with Crippen molar-refractivity contribution >= 4 is 50.1 Å². The average Bonchev–Trinajstić information content (AvgIpc) is 3.02. The molecule has 0 saturated heterocycles. The van der Waals surface area contributed by atoms with Crippen molar-refractivity contribution in [2.24, 2.45) is 0 Å². The number of fused-ring (bicyclic) bond motifs is 1. The van der Waals surface area contributed by atoms with Crippen LogP contribution in [0, 0.1) is 5.82 Å². The largest absolute Gasteiger partial charge is 0.325 e. The Morgan fingerprint density at radius 1 is 1.36 bits per heavy atom. The molecule has 0 aliphatic carbocycles. The molecule has 2 heterocycles. The molecule has 8 nitrogen and oxygen atoms in total. The van der Waals surface area contributed by atoms with Crippen molar-refractivity contribution in [1.82, 2.24) is 14.5 Å². The summed E-state index contributed by atoms with van der Waals surface area (Å²) in [4.78, 5) is 20.7. The first kappa shape index (κ1) is 19.8. The fourth-order valence-electron chi connectivity index (χ4n) is 2.54. The Bertz CT molecular complexity index is 1180. The van der Waals surface area contributed by atoms with Gasteiger partial charge in [0.15, 0.2) is 11.0 Å². The summed E-state index contributed by atoms with van der Waals surface area (Å²) in [5, 5.41) is 2.50. The Morgan fingerprint density at radius 3 is 2.64 bits per heavy atom. The molecular formula is C17H15ClFN5O3S. The van der Waals surface area contributed by atoms with Crippen LogP contribution in [-0.4, -0.2) is 35.1 Å². The van der Waals surface area contributed by atoms with E-state index in [9.17, 15) is 17.6 Å². The molecule has 3 aromatic rings. The predicted molar refractivity (Wildman–Crippen MR) is 106 cm³/mol. The number of carbonyl (C=O) groups is 1. The van der Waals surface area contributed by atoms with Crippen LogP contribution in [0.25, 0.3) is 11.0 Å². The molecule has 0 atom stereocenters.